The Labute approximate surface area is 90.0 Å². The van der Waals surface area contributed by atoms with E-state index in [0.717, 1.165) is 20.8 Å². The molecule has 0 radical (unpaired) electrons. The molecule has 0 rings (SSSR count). The molecule has 0 atom stereocenters. The third-order valence-electron chi connectivity index (χ3n) is 0.787. The molecular formula is C6H11InO7. The first-order valence-electron chi connectivity index (χ1n) is 3.43. The van der Waals surface area contributed by atoms with Gasteiger partial charge >= 0.3 is 84.4 Å². The van der Waals surface area contributed by atoms with Crippen LogP contribution in [-0.2, 0) is 22.9 Å². The monoisotopic (exact) mass is 310 g/mol. The van der Waals surface area contributed by atoms with E-state index >= 15 is 0 Å². The van der Waals surface area contributed by atoms with Gasteiger partial charge in [0.1, 0.15) is 0 Å². The molecule has 0 unspecified atom stereocenters. The molecule has 0 aromatic rings. The molecule has 0 aromatic carbocycles. The van der Waals surface area contributed by atoms with Crippen LogP contribution in [0.1, 0.15) is 20.8 Å². The summed E-state index contributed by atoms with van der Waals surface area (Å²) in [5, 5.41) is 0. The zero-order valence-electron chi connectivity index (χ0n) is 8.03. The number of hydrogen-bond acceptors (Lipinski definition) is 6. The Bertz CT molecular complexity index is 188. The summed E-state index contributed by atoms with van der Waals surface area (Å²) in [5.74, 6) is -1.87. The van der Waals surface area contributed by atoms with Gasteiger partial charge in [-0.1, -0.05) is 0 Å². The summed E-state index contributed by atoms with van der Waals surface area (Å²) in [5.41, 5.74) is 0. The van der Waals surface area contributed by atoms with E-state index in [4.69, 9.17) is 0 Å². The maximum Gasteiger partial charge on any atom is -0.412 e. The van der Waals surface area contributed by atoms with Gasteiger partial charge in [0, 0.05) is 0 Å². The fraction of sp³-hybridized carbons (Fsp3) is 0.500. The van der Waals surface area contributed by atoms with Crippen LogP contribution < -0.4 is 0 Å². The van der Waals surface area contributed by atoms with Gasteiger partial charge in [0.2, 0.25) is 0 Å². The molecule has 0 heterocycles. The van der Waals surface area contributed by atoms with E-state index < -0.39 is 40.7 Å². The van der Waals surface area contributed by atoms with Crippen LogP contribution in [0.4, 0.5) is 0 Å². The van der Waals surface area contributed by atoms with Gasteiger partial charge in [-0.3, -0.25) is 0 Å². The molecule has 0 aliphatic heterocycles. The SMILES string of the molecule is CC(=O)[O][In]([O]C(C)=O)[O]C(C)=O.O. The minimum atomic E-state index is -3.66. The van der Waals surface area contributed by atoms with Crippen molar-refractivity contribution in [3.8, 4) is 0 Å². The third-order valence-corrected chi connectivity index (χ3v) is 5.28. The molecule has 14 heavy (non-hydrogen) atoms. The summed E-state index contributed by atoms with van der Waals surface area (Å²) in [6.07, 6.45) is 0. The standard InChI is InChI=1S/3C2H4O2.In.H2O/c3*1-2(3)4;;/h3*1H3,(H,3,4);;1H2/q;;;+3;/p-3. The average Bonchev–Trinajstić information content (AvgIpc) is 1.80. The van der Waals surface area contributed by atoms with E-state index in [1.165, 1.54) is 0 Å². The molecule has 0 bridgehead atoms. The molecule has 0 saturated heterocycles. The third kappa shape index (κ3) is 9.33. The molecule has 0 aliphatic rings. The molecule has 0 aliphatic carbocycles. The molecule has 2 N–H and O–H groups in total. The molecule has 0 fully saturated rings. The van der Waals surface area contributed by atoms with E-state index in [1.807, 2.05) is 0 Å². The normalized spacial score (nSPS) is 7.93. The molecule has 0 aromatic heterocycles. The topological polar surface area (TPSA) is 110 Å². The molecule has 0 amide bonds. The van der Waals surface area contributed by atoms with Crippen molar-refractivity contribution in [1.82, 2.24) is 0 Å². The van der Waals surface area contributed by atoms with Crippen LogP contribution in [0.2, 0.25) is 0 Å². The number of hydrogen-bond donors (Lipinski definition) is 0. The van der Waals surface area contributed by atoms with Gasteiger partial charge in [-0.05, 0) is 0 Å². The van der Waals surface area contributed by atoms with Crippen LogP contribution in [0.15, 0.2) is 0 Å². The van der Waals surface area contributed by atoms with Crippen LogP contribution in [0.3, 0.4) is 0 Å². The van der Waals surface area contributed by atoms with Gasteiger partial charge < -0.3 is 5.48 Å². The zero-order valence-corrected chi connectivity index (χ0v) is 11.3. The summed E-state index contributed by atoms with van der Waals surface area (Å²) in [6.45, 7) is 3.45. The Balaban J connectivity index is 0. The van der Waals surface area contributed by atoms with Crippen molar-refractivity contribution >= 4 is 40.7 Å². The van der Waals surface area contributed by atoms with E-state index in [-0.39, 0.29) is 5.48 Å². The predicted octanol–water partition coefficient (Wildman–Crippen LogP) is -1.16. The van der Waals surface area contributed by atoms with Crippen molar-refractivity contribution in [3.63, 3.8) is 0 Å². The Kier molecular flexibility index (Phi) is 8.55. The summed E-state index contributed by atoms with van der Waals surface area (Å²) in [4.78, 5) is 31.4. The van der Waals surface area contributed by atoms with E-state index in [0.29, 0.717) is 0 Å². The molecule has 0 saturated carbocycles. The van der Waals surface area contributed by atoms with Crippen molar-refractivity contribution < 1.29 is 28.4 Å². The summed E-state index contributed by atoms with van der Waals surface area (Å²) < 4.78 is 13.7. The second-order valence-electron chi connectivity index (χ2n) is 2.12. The van der Waals surface area contributed by atoms with Crippen LogP contribution in [0.5, 0.6) is 0 Å². The minimum absolute atomic E-state index is 0. The number of rotatable bonds is 3. The van der Waals surface area contributed by atoms with Gasteiger partial charge in [0.05, 0.1) is 0 Å². The molecular weight excluding hydrogens is 299 g/mol. The summed E-state index contributed by atoms with van der Waals surface area (Å²) >= 11 is -3.66. The Morgan fingerprint density at radius 3 is 1.14 bits per heavy atom. The predicted molar refractivity (Wildman–Crippen MR) is 44.7 cm³/mol. The molecule has 80 valence electrons. The molecule has 8 heteroatoms. The van der Waals surface area contributed by atoms with Gasteiger partial charge in [-0.15, -0.1) is 0 Å². The second kappa shape index (κ2) is 7.63. The molecule has 7 nitrogen and oxygen atoms in total. The van der Waals surface area contributed by atoms with Gasteiger partial charge in [-0.25, -0.2) is 0 Å². The smallest absolute Gasteiger partial charge is 0.412 e. The summed E-state index contributed by atoms with van der Waals surface area (Å²) in [7, 11) is 0. The second-order valence-corrected chi connectivity index (χ2v) is 5.78. The van der Waals surface area contributed by atoms with Crippen LogP contribution in [-0.4, -0.2) is 46.1 Å². The maximum atomic E-state index is 10.5. The Morgan fingerprint density at radius 1 is 0.786 bits per heavy atom. The van der Waals surface area contributed by atoms with Gasteiger partial charge in [-0.2, -0.15) is 0 Å². The van der Waals surface area contributed by atoms with Crippen molar-refractivity contribution in [2.75, 3.05) is 0 Å². The van der Waals surface area contributed by atoms with Crippen molar-refractivity contribution in [1.29, 1.82) is 0 Å². The zero-order chi connectivity index (χ0) is 10.4. The Morgan fingerprint density at radius 2 is 1.00 bits per heavy atom. The van der Waals surface area contributed by atoms with Crippen molar-refractivity contribution in [3.05, 3.63) is 0 Å². The number of carbonyl (C=O) groups is 3. The summed E-state index contributed by atoms with van der Waals surface area (Å²) in [6, 6.07) is 0. The average molecular weight is 310 g/mol. The minimum Gasteiger partial charge on any atom is -0.412 e. The van der Waals surface area contributed by atoms with Crippen LogP contribution in [0, 0.1) is 0 Å². The number of carbonyl (C=O) groups excluding carboxylic acids is 3. The first-order valence-corrected chi connectivity index (χ1v) is 7.47. The molecule has 0 spiro atoms. The van der Waals surface area contributed by atoms with Crippen molar-refractivity contribution in [2.24, 2.45) is 0 Å². The van der Waals surface area contributed by atoms with Gasteiger partial charge in [0.25, 0.3) is 0 Å². The van der Waals surface area contributed by atoms with Crippen LogP contribution >= 0.6 is 0 Å². The fourth-order valence-electron chi connectivity index (χ4n) is 0.479. The fourth-order valence-corrected chi connectivity index (χ4v) is 3.21. The maximum absolute atomic E-state index is 10.5. The van der Waals surface area contributed by atoms with Crippen molar-refractivity contribution in [2.45, 2.75) is 20.8 Å². The van der Waals surface area contributed by atoms with Crippen LogP contribution in [0.25, 0.3) is 0 Å². The quantitative estimate of drug-likeness (QED) is 0.650. The van der Waals surface area contributed by atoms with E-state index in [2.05, 4.69) is 8.56 Å². The van der Waals surface area contributed by atoms with E-state index in [9.17, 15) is 14.4 Å². The largest absolute Gasteiger partial charge is 0.412 e. The van der Waals surface area contributed by atoms with Gasteiger partial charge in [0.15, 0.2) is 0 Å². The van der Waals surface area contributed by atoms with E-state index in [1.54, 1.807) is 0 Å². The Hall–Kier alpha value is -0.760. The first-order chi connectivity index (χ1) is 5.91. The first kappa shape index (κ1) is 15.7.